The number of likely N-dealkylation sites (tertiary alicyclic amines) is 1. The third-order valence-electron chi connectivity index (χ3n) is 4.27. The first kappa shape index (κ1) is 18.8. The number of hydrogen-bond acceptors (Lipinski definition) is 3. The van der Waals surface area contributed by atoms with Crippen molar-refractivity contribution in [3.05, 3.63) is 29.3 Å². The van der Waals surface area contributed by atoms with Crippen molar-refractivity contribution in [2.45, 2.75) is 39.7 Å². The summed E-state index contributed by atoms with van der Waals surface area (Å²) in [6.07, 6.45) is 2.04. The number of carbonyl (C=O) groups is 1. The average Bonchev–Trinajstić information content (AvgIpc) is 2.47. The fraction of sp³-hybridized carbons (Fsp3) is 0.588. The number of nitrogens with zero attached hydrogens (tertiary/aromatic N) is 1. The summed E-state index contributed by atoms with van der Waals surface area (Å²) in [4.78, 5) is 14.3. The van der Waals surface area contributed by atoms with Crippen LogP contribution in [0.15, 0.2) is 18.2 Å². The summed E-state index contributed by atoms with van der Waals surface area (Å²) in [6.45, 7) is 7.64. The highest BCUT2D eigenvalue weighted by atomic mass is 35.5. The minimum atomic E-state index is 0. The molecule has 1 fully saturated rings. The maximum absolute atomic E-state index is 12.4. The molecule has 0 spiro atoms. The molecule has 1 aliphatic heterocycles. The van der Waals surface area contributed by atoms with E-state index in [0.717, 1.165) is 36.3 Å². The monoisotopic (exact) mass is 326 g/mol. The summed E-state index contributed by atoms with van der Waals surface area (Å²) in [5, 5.41) is 0. The lowest BCUT2D eigenvalue weighted by molar-refractivity contribution is -0.137. The van der Waals surface area contributed by atoms with Crippen molar-refractivity contribution < 1.29 is 9.53 Å². The lowest BCUT2D eigenvalue weighted by Crippen LogP contribution is -2.50. The van der Waals surface area contributed by atoms with Gasteiger partial charge in [-0.2, -0.15) is 0 Å². The van der Waals surface area contributed by atoms with E-state index < -0.39 is 0 Å². The number of halogens is 1. The summed E-state index contributed by atoms with van der Waals surface area (Å²) in [7, 11) is 0. The minimum absolute atomic E-state index is 0. The van der Waals surface area contributed by atoms with Crippen molar-refractivity contribution in [3.8, 4) is 5.75 Å². The lowest BCUT2D eigenvalue weighted by Gasteiger charge is -2.37. The van der Waals surface area contributed by atoms with Crippen LogP contribution in [-0.4, -0.2) is 36.5 Å². The third-order valence-corrected chi connectivity index (χ3v) is 4.27. The van der Waals surface area contributed by atoms with Crippen LogP contribution in [0.25, 0.3) is 0 Å². The SMILES string of the molecule is Cc1ccc(C)c(OCC(=O)N2CCC(C)CC2CN)c1.Cl. The summed E-state index contributed by atoms with van der Waals surface area (Å²) in [6, 6.07) is 6.19. The summed E-state index contributed by atoms with van der Waals surface area (Å²) in [5.41, 5.74) is 8.00. The number of piperidine rings is 1. The second kappa shape index (κ2) is 8.39. The van der Waals surface area contributed by atoms with Gasteiger partial charge in [-0.15, -0.1) is 12.4 Å². The van der Waals surface area contributed by atoms with Crippen LogP contribution in [0.2, 0.25) is 0 Å². The van der Waals surface area contributed by atoms with Gasteiger partial charge in [0.2, 0.25) is 0 Å². The van der Waals surface area contributed by atoms with Crippen molar-refractivity contribution >= 4 is 18.3 Å². The molecule has 22 heavy (non-hydrogen) atoms. The summed E-state index contributed by atoms with van der Waals surface area (Å²) < 4.78 is 5.72. The van der Waals surface area contributed by atoms with Gasteiger partial charge >= 0.3 is 0 Å². The molecule has 0 aliphatic carbocycles. The van der Waals surface area contributed by atoms with Crippen molar-refractivity contribution in [2.24, 2.45) is 11.7 Å². The van der Waals surface area contributed by atoms with E-state index in [-0.39, 0.29) is 31.0 Å². The Morgan fingerprint density at radius 2 is 2.14 bits per heavy atom. The molecule has 0 saturated carbocycles. The van der Waals surface area contributed by atoms with E-state index in [1.807, 2.05) is 36.9 Å². The number of benzene rings is 1. The van der Waals surface area contributed by atoms with Gasteiger partial charge in [0.05, 0.1) is 0 Å². The number of rotatable bonds is 4. The van der Waals surface area contributed by atoms with E-state index >= 15 is 0 Å². The molecular formula is C17H27ClN2O2. The van der Waals surface area contributed by atoms with E-state index in [1.54, 1.807) is 0 Å². The minimum Gasteiger partial charge on any atom is -0.483 e. The zero-order valence-electron chi connectivity index (χ0n) is 13.7. The van der Waals surface area contributed by atoms with Gasteiger partial charge in [0.25, 0.3) is 5.91 Å². The predicted octanol–water partition coefficient (Wildman–Crippen LogP) is 2.69. The molecular weight excluding hydrogens is 300 g/mol. The van der Waals surface area contributed by atoms with Gasteiger partial charge in [-0.3, -0.25) is 4.79 Å². The highest BCUT2D eigenvalue weighted by molar-refractivity contribution is 5.85. The van der Waals surface area contributed by atoms with E-state index in [9.17, 15) is 4.79 Å². The fourth-order valence-corrected chi connectivity index (χ4v) is 2.89. The Balaban J connectivity index is 0.00000242. The number of amides is 1. The van der Waals surface area contributed by atoms with Crippen LogP contribution in [0.1, 0.15) is 30.9 Å². The molecule has 0 radical (unpaired) electrons. The van der Waals surface area contributed by atoms with E-state index in [0.29, 0.717) is 12.5 Å². The first-order chi connectivity index (χ1) is 10.0. The predicted molar refractivity (Wildman–Crippen MR) is 91.6 cm³/mol. The molecule has 1 heterocycles. The fourth-order valence-electron chi connectivity index (χ4n) is 2.89. The average molecular weight is 327 g/mol. The van der Waals surface area contributed by atoms with Gasteiger partial charge < -0.3 is 15.4 Å². The molecule has 5 heteroatoms. The van der Waals surface area contributed by atoms with Gasteiger partial charge in [-0.25, -0.2) is 0 Å². The van der Waals surface area contributed by atoms with Crippen LogP contribution in [-0.2, 0) is 4.79 Å². The van der Waals surface area contributed by atoms with E-state index in [1.165, 1.54) is 0 Å². The van der Waals surface area contributed by atoms with Gasteiger partial charge in [0.15, 0.2) is 6.61 Å². The zero-order chi connectivity index (χ0) is 15.4. The Morgan fingerprint density at radius 1 is 1.41 bits per heavy atom. The van der Waals surface area contributed by atoms with E-state index in [4.69, 9.17) is 10.5 Å². The van der Waals surface area contributed by atoms with Crippen molar-refractivity contribution in [1.82, 2.24) is 4.90 Å². The molecule has 1 saturated heterocycles. The van der Waals surface area contributed by atoms with Crippen LogP contribution in [0.3, 0.4) is 0 Å². The molecule has 1 aliphatic rings. The Kier molecular flexibility index (Phi) is 7.17. The topological polar surface area (TPSA) is 55.6 Å². The van der Waals surface area contributed by atoms with Crippen molar-refractivity contribution in [1.29, 1.82) is 0 Å². The van der Waals surface area contributed by atoms with Crippen molar-refractivity contribution in [3.63, 3.8) is 0 Å². The standard InChI is InChI=1S/C17H26N2O2.ClH/c1-12-4-5-14(3)16(9-12)21-11-17(20)19-7-6-13(2)8-15(19)10-18;/h4-5,9,13,15H,6-8,10-11,18H2,1-3H3;1H. The Hall–Kier alpha value is -1.26. The molecule has 2 rings (SSSR count). The van der Waals surface area contributed by atoms with Gasteiger partial charge in [-0.1, -0.05) is 19.1 Å². The van der Waals surface area contributed by atoms with Crippen molar-refractivity contribution in [2.75, 3.05) is 19.7 Å². The Labute approximate surface area is 139 Å². The Bertz CT molecular complexity index is 507. The number of aryl methyl sites for hydroxylation is 2. The Morgan fingerprint density at radius 3 is 2.82 bits per heavy atom. The van der Waals surface area contributed by atoms with Crippen LogP contribution in [0.5, 0.6) is 5.75 Å². The molecule has 2 atom stereocenters. The molecule has 4 nitrogen and oxygen atoms in total. The van der Waals surface area contributed by atoms with E-state index in [2.05, 4.69) is 6.92 Å². The molecule has 1 aromatic carbocycles. The largest absolute Gasteiger partial charge is 0.483 e. The molecule has 1 aromatic rings. The number of nitrogens with two attached hydrogens (primary N) is 1. The second-order valence-electron chi connectivity index (χ2n) is 6.16. The van der Waals surface area contributed by atoms with Crippen LogP contribution in [0.4, 0.5) is 0 Å². The molecule has 0 aromatic heterocycles. The first-order valence-electron chi connectivity index (χ1n) is 7.71. The molecule has 0 bridgehead atoms. The third kappa shape index (κ3) is 4.62. The molecule has 2 N–H and O–H groups in total. The highest BCUT2D eigenvalue weighted by Gasteiger charge is 2.29. The van der Waals surface area contributed by atoms with Crippen LogP contribution >= 0.6 is 12.4 Å². The van der Waals surface area contributed by atoms with Crippen LogP contribution < -0.4 is 10.5 Å². The maximum atomic E-state index is 12.4. The number of ether oxygens (including phenoxy) is 1. The maximum Gasteiger partial charge on any atom is 0.260 e. The second-order valence-corrected chi connectivity index (χ2v) is 6.16. The number of carbonyl (C=O) groups excluding carboxylic acids is 1. The number of hydrogen-bond donors (Lipinski definition) is 1. The van der Waals surface area contributed by atoms with Gasteiger partial charge in [-0.05, 0) is 49.8 Å². The lowest BCUT2D eigenvalue weighted by atomic mass is 9.92. The molecule has 1 amide bonds. The normalized spacial score (nSPS) is 21.2. The molecule has 2 unspecified atom stereocenters. The van der Waals surface area contributed by atoms with Crippen LogP contribution in [0, 0.1) is 19.8 Å². The summed E-state index contributed by atoms with van der Waals surface area (Å²) in [5.74, 6) is 1.47. The summed E-state index contributed by atoms with van der Waals surface area (Å²) >= 11 is 0. The first-order valence-corrected chi connectivity index (χ1v) is 7.71. The zero-order valence-corrected chi connectivity index (χ0v) is 14.5. The molecule has 124 valence electrons. The van der Waals surface area contributed by atoms with Gasteiger partial charge in [0, 0.05) is 19.1 Å². The quantitative estimate of drug-likeness (QED) is 0.925. The smallest absolute Gasteiger partial charge is 0.260 e. The van der Waals surface area contributed by atoms with Gasteiger partial charge in [0.1, 0.15) is 5.75 Å². The highest BCUT2D eigenvalue weighted by Crippen LogP contribution is 2.23.